The van der Waals surface area contributed by atoms with Crippen LogP contribution in [0.25, 0.3) is 22.0 Å². The molecule has 0 aliphatic carbocycles. The Bertz CT molecular complexity index is 1560. The molecule has 8 heteroatoms. The van der Waals surface area contributed by atoms with Gasteiger partial charge in [-0.1, -0.05) is 62.4 Å². The van der Waals surface area contributed by atoms with E-state index < -0.39 is 15.9 Å². The average Bonchev–Trinajstić information content (AvgIpc) is 2.87. The molecule has 3 aromatic carbocycles. The number of carbonyl (C=O) groups is 1. The summed E-state index contributed by atoms with van der Waals surface area (Å²) in [7, 11) is -3.59. The molecule has 0 amide bonds. The summed E-state index contributed by atoms with van der Waals surface area (Å²) in [6.07, 6.45) is -0.278. The number of benzene rings is 3. The van der Waals surface area contributed by atoms with E-state index in [0.29, 0.717) is 17.3 Å². The van der Waals surface area contributed by atoms with E-state index in [1.165, 1.54) is 0 Å². The summed E-state index contributed by atoms with van der Waals surface area (Å²) in [4.78, 5) is 32.0. The second-order valence-corrected chi connectivity index (χ2v) is 11.2. The highest BCUT2D eigenvalue weighted by Gasteiger charge is 2.22. The quantitative estimate of drug-likeness (QED) is 0.330. The van der Waals surface area contributed by atoms with Crippen LogP contribution in [0.1, 0.15) is 36.5 Å². The van der Waals surface area contributed by atoms with Crippen molar-refractivity contribution in [1.82, 2.24) is 9.97 Å². The number of aliphatic hydroxyl groups is 1. The van der Waals surface area contributed by atoms with E-state index in [0.717, 1.165) is 16.7 Å². The number of sulfone groups is 1. The number of aliphatic hydroxyl groups excluding tert-OH is 1. The first kappa shape index (κ1) is 25.5. The summed E-state index contributed by atoms with van der Waals surface area (Å²) in [6.45, 7) is 3.56. The van der Waals surface area contributed by atoms with Gasteiger partial charge in [0.25, 0.3) is 5.56 Å². The maximum atomic E-state index is 12.7. The first-order valence-corrected chi connectivity index (χ1v) is 13.4. The van der Waals surface area contributed by atoms with Gasteiger partial charge in [-0.25, -0.2) is 13.4 Å². The van der Waals surface area contributed by atoms with Crippen LogP contribution in [-0.2, 0) is 16.3 Å². The van der Waals surface area contributed by atoms with Crippen LogP contribution >= 0.6 is 0 Å². The predicted octanol–water partition coefficient (Wildman–Crippen LogP) is 4.20. The van der Waals surface area contributed by atoms with Crippen molar-refractivity contribution in [2.45, 2.75) is 37.7 Å². The molecule has 0 bridgehead atoms. The summed E-state index contributed by atoms with van der Waals surface area (Å²) >= 11 is 0. The van der Waals surface area contributed by atoms with Crippen molar-refractivity contribution >= 4 is 26.5 Å². The van der Waals surface area contributed by atoms with Crippen LogP contribution in [0.5, 0.6) is 0 Å². The predicted molar refractivity (Wildman–Crippen MR) is 140 cm³/mol. The zero-order chi connectivity index (χ0) is 25.9. The lowest BCUT2D eigenvalue weighted by Crippen LogP contribution is -2.25. The summed E-state index contributed by atoms with van der Waals surface area (Å²) in [6, 6.07) is 21.1. The minimum atomic E-state index is -3.59. The maximum absolute atomic E-state index is 12.7. The van der Waals surface area contributed by atoms with Crippen molar-refractivity contribution in [2.75, 3.05) is 5.75 Å². The molecule has 0 saturated carbocycles. The Kier molecular flexibility index (Phi) is 7.47. The molecule has 0 aliphatic heterocycles. The molecule has 4 rings (SSSR count). The van der Waals surface area contributed by atoms with Crippen molar-refractivity contribution in [1.29, 1.82) is 0 Å². The highest BCUT2D eigenvalue weighted by atomic mass is 32.2. The number of aromatic nitrogens is 2. The first-order chi connectivity index (χ1) is 17.1. The molecule has 186 valence electrons. The van der Waals surface area contributed by atoms with Gasteiger partial charge in [-0.3, -0.25) is 9.59 Å². The zero-order valence-electron chi connectivity index (χ0n) is 20.1. The largest absolute Gasteiger partial charge is 0.392 e. The molecule has 7 nitrogen and oxygen atoms in total. The fourth-order valence-electron chi connectivity index (χ4n) is 3.87. The monoisotopic (exact) mass is 504 g/mol. The lowest BCUT2D eigenvalue weighted by molar-refractivity contribution is 0.0973. The van der Waals surface area contributed by atoms with E-state index in [2.05, 4.69) is 9.97 Å². The number of H-pyrrole nitrogens is 1. The van der Waals surface area contributed by atoms with Crippen LogP contribution in [0.4, 0.5) is 0 Å². The van der Waals surface area contributed by atoms with Gasteiger partial charge in [0.05, 0.1) is 27.7 Å². The summed E-state index contributed by atoms with van der Waals surface area (Å²) in [5.41, 5.74) is 2.81. The number of carbonyl (C=O) groups excluding carboxylic acids is 1. The van der Waals surface area contributed by atoms with E-state index in [-0.39, 0.29) is 40.2 Å². The number of rotatable bonds is 9. The number of aryl methyl sites for hydroxylation is 1. The van der Waals surface area contributed by atoms with Gasteiger partial charge in [0.1, 0.15) is 0 Å². The normalized spacial score (nSPS) is 12.7. The van der Waals surface area contributed by atoms with Gasteiger partial charge in [0.2, 0.25) is 0 Å². The van der Waals surface area contributed by atoms with Crippen LogP contribution in [-0.4, -0.2) is 41.1 Å². The number of Topliss-reactive ketones (excluding diaryl/α,β-unsaturated/α-hetero) is 1. The third-order valence-corrected chi connectivity index (χ3v) is 7.92. The number of fused-ring (bicyclic) bond motifs is 1. The molecule has 0 radical (unpaired) electrons. The fraction of sp³-hybridized carbons (Fsp3) is 0.250. The Morgan fingerprint density at radius 3 is 2.42 bits per heavy atom. The molecule has 1 heterocycles. The Morgan fingerprint density at radius 1 is 0.972 bits per heavy atom. The Balaban J connectivity index is 1.46. The lowest BCUT2D eigenvalue weighted by Gasteiger charge is -2.14. The second kappa shape index (κ2) is 10.6. The number of nitrogens with one attached hydrogen (secondary N) is 1. The number of ketones is 1. The molecule has 36 heavy (non-hydrogen) atoms. The molecule has 1 aromatic heterocycles. The number of para-hydroxylation sites is 1. The van der Waals surface area contributed by atoms with Crippen LogP contribution in [0.15, 0.2) is 82.5 Å². The van der Waals surface area contributed by atoms with Gasteiger partial charge >= 0.3 is 0 Å². The SMILES string of the molecule is CC(C)C(O)CS(=O)(=O)c1ccc(-c2cccc(CCC(=O)c3nc4ccccc4c(=O)[nH]3)c2)cc1. The molecule has 0 aliphatic rings. The van der Waals surface area contributed by atoms with Gasteiger partial charge in [0.15, 0.2) is 21.4 Å². The minimum Gasteiger partial charge on any atom is -0.392 e. The Morgan fingerprint density at radius 2 is 1.69 bits per heavy atom. The number of aromatic amines is 1. The molecule has 0 spiro atoms. The second-order valence-electron chi connectivity index (χ2n) is 9.17. The van der Waals surface area contributed by atoms with Gasteiger partial charge in [-0.2, -0.15) is 0 Å². The van der Waals surface area contributed by atoms with Gasteiger partial charge in [0, 0.05) is 6.42 Å². The molecule has 1 unspecified atom stereocenters. The van der Waals surface area contributed by atoms with Crippen molar-refractivity contribution in [3.05, 3.63) is 94.5 Å². The van der Waals surface area contributed by atoms with E-state index in [1.807, 2.05) is 24.3 Å². The molecule has 0 fully saturated rings. The Hall–Kier alpha value is -3.62. The summed E-state index contributed by atoms with van der Waals surface area (Å²) in [5, 5.41) is 10.4. The first-order valence-electron chi connectivity index (χ1n) is 11.8. The molecular formula is C28H28N2O5S. The number of hydrogen-bond donors (Lipinski definition) is 2. The number of nitrogens with zero attached hydrogens (tertiary/aromatic N) is 1. The minimum absolute atomic E-state index is 0.0502. The molecule has 2 N–H and O–H groups in total. The molecule has 1 atom stereocenters. The van der Waals surface area contributed by atoms with Crippen LogP contribution in [0.3, 0.4) is 0 Å². The summed E-state index contributed by atoms with van der Waals surface area (Å²) < 4.78 is 25.2. The standard InChI is InChI=1S/C28H28N2O5S/c1-18(2)26(32)17-36(34,35)22-13-11-20(12-14-22)21-7-5-6-19(16-21)10-15-25(31)27-29-24-9-4-3-8-23(24)28(33)30-27/h3-9,11-14,16,18,26,32H,10,15,17H2,1-2H3,(H,29,30,33). The van der Waals surface area contributed by atoms with Crippen molar-refractivity contribution in [2.24, 2.45) is 5.92 Å². The van der Waals surface area contributed by atoms with Gasteiger partial charge in [-0.15, -0.1) is 0 Å². The van der Waals surface area contributed by atoms with Crippen molar-refractivity contribution in [3.63, 3.8) is 0 Å². The van der Waals surface area contributed by atoms with E-state index in [4.69, 9.17) is 0 Å². The highest BCUT2D eigenvalue weighted by molar-refractivity contribution is 7.91. The highest BCUT2D eigenvalue weighted by Crippen LogP contribution is 2.24. The van der Waals surface area contributed by atoms with E-state index in [1.54, 1.807) is 62.4 Å². The maximum Gasteiger partial charge on any atom is 0.259 e. The third-order valence-electron chi connectivity index (χ3n) is 6.15. The Labute approximate surface area is 209 Å². The average molecular weight is 505 g/mol. The van der Waals surface area contributed by atoms with E-state index in [9.17, 15) is 23.1 Å². The summed E-state index contributed by atoms with van der Waals surface area (Å²) in [5.74, 6) is -0.660. The number of hydrogen-bond acceptors (Lipinski definition) is 6. The zero-order valence-corrected chi connectivity index (χ0v) is 21.0. The fourth-order valence-corrected chi connectivity index (χ4v) is 5.45. The van der Waals surface area contributed by atoms with Crippen molar-refractivity contribution in [3.8, 4) is 11.1 Å². The van der Waals surface area contributed by atoms with Crippen LogP contribution in [0, 0.1) is 5.92 Å². The molecule has 0 saturated heterocycles. The van der Waals surface area contributed by atoms with Crippen molar-refractivity contribution < 1.29 is 18.3 Å². The molecule has 4 aromatic rings. The molecular weight excluding hydrogens is 476 g/mol. The lowest BCUT2D eigenvalue weighted by atomic mass is 10.00. The van der Waals surface area contributed by atoms with Gasteiger partial charge in [-0.05, 0) is 53.3 Å². The van der Waals surface area contributed by atoms with Gasteiger partial charge < -0.3 is 10.1 Å². The van der Waals surface area contributed by atoms with Crippen LogP contribution in [0.2, 0.25) is 0 Å². The van der Waals surface area contributed by atoms with E-state index >= 15 is 0 Å². The smallest absolute Gasteiger partial charge is 0.259 e. The van der Waals surface area contributed by atoms with Crippen LogP contribution < -0.4 is 5.56 Å². The topological polar surface area (TPSA) is 117 Å². The third kappa shape index (κ3) is 5.78.